The fraction of sp³-hybridized carbons (Fsp3) is 0.143. The molecule has 0 heterocycles. The molecule has 1 aliphatic rings. The molecule has 0 fully saturated rings. The summed E-state index contributed by atoms with van der Waals surface area (Å²) in [6.07, 6.45) is 3.90. The quantitative estimate of drug-likeness (QED) is 0.503. The Labute approximate surface area is 57.3 Å². The first kappa shape index (κ1) is 6.94. The molecule has 10 heavy (non-hydrogen) atoms. The molecule has 0 aromatic heterocycles. The second-order valence-electron chi connectivity index (χ2n) is 1.93. The lowest BCUT2D eigenvalue weighted by Gasteiger charge is -2.10. The fourth-order valence-electron chi connectivity index (χ4n) is 0.647. The van der Waals surface area contributed by atoms with Gasteiger partial charge in [0.05, 0.1) is 0 Å². The standard InChI is InChI=1S/C7H4F2N/c8-6-2-1-3-7(9,4-6)5-10/h1-4H. The summed E-state index contributed by atoms with van der Waals surface area (Å²) in [5.74, 6) is -0.716. The summed E-state index contributed by atoms with van der Waals surface area (Å²) in [7, 11) is 0. The smallest absolute Gasteiger partial charge is 0.218 e. The number of nitrogens with zero attached hydrogens (tertiary/aromatic N) is 1. The van der Waals surface area contributed by atoms with Crippen LogP contribution in [0.4, 0.5) is 8.78 Å². The number of allylic oxidation sites excluding steroid dienone is 4. The lowest BCUT2D eigenvalue weighted by Crippen LogP contribution is -2.15. The zero-order chi connectivity index (χ0) is 7.61. The minimum atomic E-state index is -2.25. The number of nitriles is 1. The maximum atomic E-state index is 12.8. The molecule has 0 bridgehead atoms. The van der Waals surface area contributed by atoms with Gasteiger partial charge in [-0.3, -0.25) is 0 Å². The first-order valence-electron chi connectivity index (χ1n) is 2.67. The van der Waals surface area contributed by atoms with Crippen LogP contribution in [0.25, 0.3) is 0 Å². The van der Waals surface area contributed by atoms with Crippen molar-refractivity contribution in [3.05, 3.63) is 30.5 Å². The van der Waals surface area contributed by atoms with Crippen LogP contribution < -0.4 is 0 Å². The Kier molecular flexibility index (Phi) is 1.54. The van der Waals surface area contributed by atoms with Gasteiger partial charge in [-0.25, -0.2) is 8.78 Å². The molecule has 0 spiro atoms. The van der Waals surface area contributed by atoms with Crippen molar-refractivity contribution < 1.29 is 8.78 Å². The summed E-state index contributed by atoms with van der Waals surface area (Å²) >= 11 is 0. The third-order valence-electron chi connectivity index (χ3n) is 1.11. The van der Waals surface area contributed by atoms with Gasteiger partial charge in [0.15, 0.2) is 0 Å². The highest BCUT2D eigenvalue weighted by atomic mass is 19.1. The van der Waals surface area contributed by atoms with Crippen LogP contribution in [0.3, 0.4) is 0 Å². The van der Waals surface area contributed by atoms with E-state index in [1.54, 1.807) is 0 Å². The van der Waals surface area contributed by atoms with Crippen molar-refractivity contribution in [2.45, 2.75) is 5.67 Å². The average Bonchev–Trinajstić information content (AvgIpc) is 1.88. The van der Waals surface area contributed by atoms with E-state index in [1.807, 2.05) is 0 Å². The Morgan fingerprint density at radius 2 is 2.30 bits per heavy atom. The highest BCUT2D eigenvalue weighted by Crippen LogP contribution is 2.23. The van der Waals surface area contributed by atoms with Gasteiger partial charge in [-0.05, 0) is 6.08 Å². The molecule has 51 valence electrons. The molecule has 1 aliphatic carbocycles. The number of rotatable bonds is 0. The molecule has 1 nitrogen and oxygen atoms in total. The van der Waals surface area contributed by atoms with Gasteiger partial charge in [-0.1, -0.05) is 6.08 Å². The molecule has 0 aromatic rings. The van der Waals surface area contributed by atoms with E-state index in [-0.39, 0.29) is 0 Å². The molecular weight excluding hydrogens is 136 g/mol. The minimum absolute atomic E-state index is 0.632. The molecule has 1 rings (SSSR count). The van der Waals surface area contributed by atoms with Crippen LogP contribution in [0.5, 0.6) is 0 Å². The Bertz CT molecular complexity index is 236. The maximum absolute atomic E-state index is 12.8. The summed E-state index contributed by atoms with van der Waals surface area (Å²) in [5.41, 5.74) is -2.25. The van der Waals surface area contributed by atoms with E-state index < -0.39 is 11.5 Å². The first-order chi connectivity index (χ1) is 4.66. The number of alkyl halides is 1. The summed E-state index contributed by atoms with van der Waals surface area (Å²) in [5, 5.41) is 8.17. The predicted molar refractivity (Wildman–Crippen MR) is 32.1 cm³/mol. The Morgan fingerprint density at radius 1 is 1.60 bits per heavy atom. The lowest BCUT2D eigenvalue weighted by molar-refractivity contribution is 0.369. The van der Waals surface area contributed by atoms with Gasteiger partial charge in [0.25, 0.3) is 0 Å². The third kappa shape index (κ3) is 1.21. The molecular formula is C7H4F2N. The number of halogens is 2. The second kappa shape index (κ2) is 2.22. The van der Waals surface area contributed by atoms with Gasteiger partial charge in [-0.15, -0.1) is 0 Å². The molecule has 0 N–H and O–H groups in total. The largest absolute Gasteiger partial charge is 0.235 e. The highest BCUT2D eigenvalue weighted by Gasteiger charge is 2.26. The molecule has 3 heteroatoms. The molecule has 1 atom stereocenters. The minimum Gasteiger partial charge on any atom is -0.218 e. The van der Waals surface area contributed by atoms with Gasteiger partial charge in [-0.2, -0.15) is 5.26 Å². The van der Waals surface area contributed by atoms with Crippen molar-refractivity contribution in [3.63, 3.8) is 0 Å². The van der Waals surface area contributed by atoms with E-state index in [2.05, 4.69) is 0 Å². The molecule has 1 radical (unpaired) electrons. The number of hydrogen-bond acceptors (Lipinski definition) is 1. The molecule has 0 saturated heterocycles. The van der Waals surface area contributed by atoms with E-state index in [0.717, 1.165) is 12.5 Å². The average molecular weight is 140 g/mol. The van der Waals surface area contributed by atoms with Crippen molar-refractivity contribution in [2.75, 3.05) is 0 Å². The van der Waals surface area contributed by atoms with Crippen molar-refractivity contribution in [3.8, 4) is 6.07 Å². The van der Waals surface area contributed by atoms with E-state index >= 15 is 0 Å². The van der Waals surface area contributed by atoms with Crippen LogP contribution in [-0.4, -0.2) is 5.67 Å². The third-order valence-corrected chi connectivity index (χ3v) is 1.11. The second-order valence-corrected chi connectivity index (χ2v) is 1.93. The van der Waals surface area contributed by atoms with E-state index in [0.29, 0.717) is 6.08 Å². The van der Waals surface area contributed by atoms with E-state index in [1.165, 1.54) is 12.1 Å². The molecule has 0 aliphatic heterocycles. The van der Waals surface area contributed by atoms with Gasteiger partial charge in [0, 0.05) is 12.5 Å². The van der Waals surface area contributed by atoms with Crippen molar-refractivity contribution in [1.29, 1.82) is 5.26 Å². The fourth-order valence-corrected chi connectivity index (χ4v) is 0.647. The zero-order valence-electron chi connectivity index (χ0n) is 5.01. The van der Waals surface area contributed by atoms with E-state index in [4.69, 9.17) is 5.26 Å². The Hall–Kier alpha value is -1.17. The predicted octanol–water partition coefficient (Wildman–Crippen LogP) is 1.85. The molecule has 0 amide bonds. The van der Waals surface area contributed by atoms with Crippen LogP contribution in [0.1, 0.15) is 0 Å². The topological polar surface area (TPSA) is 23.8 Å². The van der Waals surface area contributed by atoms with Crippen molar-refractivity contribution in [2.24, 2.45) is 0 Å². The Morgan fingerprint density at radius 3 is 2.70 bits per heavy atom. The van der Waals surface area contributed by atoms with Gasteiger partial charge >= 0.3 is 0 Å². The Balaban J connectivity index is 2.91. The molecule has 0 saturated carbocycles. The van der Waals surface area contributed by atoms with Crippen LogP contribution in [0.15, 0.2) is 24.1 Å². The lowest BCUT2D eigenvalue weighted by atomic mass is 10.0. The first-order valence-corrected chi connectivity index (χ1v) is 2.67. The van der Waals surface area contributed by atoms with E-state index in [9.17, 15) is 8.78 Å². The van der Waals surface area contributed by atoms with Crippen LogP contribution >= 0.6 is 0 Å². The monoisotopic (exact) mass is 140 g/mol. The SMILES string of the molecule is N#CC1(F)C=C[CH]C(F)=C1. The van der Waals surface area contributed by atoms with Crippen molar-refractivity contribution >= 4 is 0 Å². The molecule has 0 aromatic carbocycles. The van der Waals surface area contributed by atoms with Gasteiger partial charge < -0.3 is 0 Å². The van der Waals surface area contributed by atoms with Crippen LogP contribution in [0, 0.1) is 17.8 Å². The van der Waals surface area contributed by atoms with Crippen LogP contribution in [-0.2, 0) is 0 Å². The molecule has 1 unspecified atom stereocenters. The van der Waals surface area contributed by atoms with Crippen molar-refractivity contribution in [1.82, 2.24) is 0 Å². The summed E-state index contributed by atoms with van der Waals surface area (Å²) in [6, 6.07) is 1.32. The maximum Gasteiger partial charge on any atom is 0.235 e. The summed E-state index contributed by atoms with van der Waals surface area (Å²) in [4.78, 5) is 0. The number of hydrogen-bond donors (Lipinski definition) is 0. The zero-order valence-corrected chi connectivity index (χ0v) is 5.01. The normalized spacial score (nSPS) is 31.1. The summed E-state index contributed by atoms with van der Waals surface area (Å²) in [6.45, 7) is 0. The van der Waals surface area contributed by atoms with Gasteiger partial charge in [0.2, 0.25) is 5.67 Å². The summed E-state index contributed by atoms with van der Waals surface area (Å²) < 4.78 is 25.0. The van der Waals surface area contributed by atoms with Crippen LogP contribution in [0.2, 0.25) is 0 Å². The highest BCUT2D eigenvalue weighted by molar-refractivity contribution is 5.36. The van der Waals surface area contributed by atoms with Gasteiger partial charge in [0.1, 0.15) is 11.9 Å².